The summed E-state index contributed by atoms with van der Waals surface area (Å²) in [4.78, 5) is 31.0. The number of amides is 2. The molecule has 8 heteroatoms. The zero-order valence-corrected chi connectivity index (χ0v) is 11.4. The molecule has 0 fully saturated rings. The normalized spacial score (nSPS) is 9.90. The zero-order valence-electron chi connectivity index (χ0n) is 9.93. The van der Waals surface area contributed by atoms with E-state index in [0.717, 1.165) is 0 Å². The molecule has 2 rings (SSSR count). The number of rotatable bonds is 2. The maximum absolute atomic E-state index is 11.8. The monoisotopic (exact) mass is 310 g/mol. The first kappa shape index (κ1) is 14.2. The second-order valence-electron chi connectivity index (χ2n) is 3.65. The number of hydrogen-bond acceptors (Lipinski definition) is 4. The smallest absolute Gasteiger partial charge is 0.267 e. The Morgan fingerprint density at radius 1 is 1.05 bits per heavy atom. The highest BCUT2D eigenvalue weighted by atomic mass is 35.5. The molecule has 0 radical (unpaired) electrons. The predicted molar refractivity (Wildman–Crippen MR) is 73.4 cm³/mol. The van der Waals surface area contributed by atoms with E-state index in [4.69, 9.17) is 23.2 Å². The summed E-state index contributed by atoms with van der Waals surface area (Å²) >= 11 is 11.4. The van der Waals surface area contributed by atoms with Crippen molar-refractivity contribution in [1.82, 2.24) is 20.8 Å². The van der Waals surface area contributed by atoms with E-state index in [9.17, 15) is 9.59 Å². The first-order valence-electron chi connectivity index (χ1n) is 5.39. The molecule has 2 aromatic rings. The van der Waals surface area contributed by atoms with Crippen molar-refractivity contribution in [1.29, 1.82) is 0 Å². The van der Waals surface area contributed by atoms with Gasteiger partial charge in [-0.2, -0.15) is 0 Å². The van der Waals surface area contributed by atoms with Crippen molar-refractivity contribution in [2.75, 3.05) is 0 Å². The van der Waals surface area contributed by atoms with Crippen molar-refractivity contribution < 1.29 is 9.59 Å². The van der Waals surface area contributed by atoms with Crippen molar-refractivity contribution in [3.05, 3.63) is 58.1 Å². The van der Waals surface area contributed by atoms with E-state index in [1.54, 1.807) is 12.1 Å². The molecule has 0 aromatic carbocycles. The summed E-state index contributed by atoms with van der Waals surface area (Å²) in [6.07, 6.45) is 4.17. The minimum absolute atomic E-state index is 0.0996. The lowest BCUT2D eigenvalue weighted by Gasteiger charge is -2.07. The summed E-state index contributed by atoms with van der Waals surface area (Å²) in [5, 5.41) is 0.250. The van der Waals surface area contributed by atoms with Gasteiger partial charge >= 0.3 is 0 Å². The number of nitrogens with zero attached hydrogens (tertiary/aromatic N) is 2. The van der Waals surface area contributed by atoms with E-state index < -0.39 is 11.8 Å². The summed E-state index contributed by atoms with van der Waals surface area (Å²) in [6.45, 7) is 0. The maximum Gasteiger partial charge on any atom is 0.271 e. The molecule has 2 amide bonds. The molecule has 20 heavy (non-hydrogen) atoms. The van der Waals surface area contributed by atoms with Gasteiger partial charge in [-0.05, 0) is 18.2 Å². The summed E-state index contributed by atoms with van der Waals surface area (Å²) in [5.41, 5.74) is 4.98. The van der Waals surface area contributed by atoms with Crippen LogP contribution in [0.4, 0.5) is 0 Å². The Morgan fingerprint density at radius 3 is 2.35 bits per heavy atom. The molecule has 2 aromatic heterocycles. The van der Waals surface area contributed by atoms with Gasteiger partial charge in [-0.25, -0.2) is 4.98 Å². The lowest BCUT2D eigenvalue weighted by molar-refractivity contribution is 0.0846. The summed E-state index contributed by atoms with van der Waals surface area (Å²) < 4.78 is 0. The molecule has 0 saturated heterocycles. The molecule has 0 saturated carbocycles. The molecular formula is C12H8Cl2N4O2. The van der Waals surface area contributed by atoms with E-state index in [0.29, 0.717) is 5.56 Å². The Hall–Kier alpha value is -2.18. The molecule has 102 valence electrons. The second kappa shape index (κ2) is 6.31. The molecule has 0 aliphatic heterocycles. The molecule has 0 atom stereocenters. The Balaban J connectivity index is 1.98. The highest BCUT2D eigenvalue weighted by Crippen LogP contribution is 2.19. The number of carbonyl (C=O) groups excluding carboxylic acids is 2. The number of hydrazine groups is 1. The van der Waals surface area contributed by atoms with Crippen LogP contribution in [-0.2, 0) is 0 Å². The van der Waals surface area contributed by atoms with Crippen LogP contribution in [0.3, 0.4) is 0 Å². The molecule has 0 bridgehead atoms. The van der Waals surface area contributed by atoms with Gasteiger partial charge in [-0.1, -0.05) is 23.2 Å². The average molecular weight is 311 g/mol. The number of aromatic nitrogens is 2. The number of hydrogen-bond donors (Lipinski definition) is 2. The van der Waals surface area contributed by atoms with Crippen molar-refractivity contribution in [3.8, 4) is 0 Å². The molecular weight excluding hydrogens is 303 g/mol. The van der Waals surface area contributed by atoms with Crippen LogP contribution >= 0.6 is 23.2 Å². The quantitative estimate of drug-likeness (QED) is 0.655. The van der Waals surface area contributed by atoms with Gasteiger partial charge in [0, 0.05) is 18.6 Å². The van der Waals surface area contributed by atoms with Crippen LogP contribution in [0.2, 0.25) is 10.2 Å². The van der Waals surface area contributed by atoms with Crippen LogP contribution < -0.4 is 10.9 Å². The van der Waals surface area contributed by atoms with Gasteiger partial charge in [0.1, 0.15) is 5.15 Å². The van der Waals surface area contributed by atoms with Crippen molar-refractivity contribution in [3.63, 3.8) is 0 Å². The number of pyridine rings is 2. The van der Waals surface area contributed by atoms with E-state index in [1.165, 1.54) is 24.7 Å². The highest BCUT2D eigenvalue weighted by Gasteiger charge is 2.11. The molecule has 0 aliphatic carbocycles. The lowest BCUT2D eigenvalue weighted by atomic mass is 10.3. The van der Waals surface area contributed by atoms with Crippen LogP contribution in [0.5, 0.6) is 0 Å². The van der Waals surface area contributed by atoms with Crippen LogP contribution in [-0.4, -0.2) is 21.8 Å². The summed E-state index contributed by atoms with van der Waals surface area (Å²) in [6, 6.07) is 4.53. The minimum atomic E-state index is -0.562. The molecule has 0 unspecified atom stereocenters. The molecule has 0 aliphatic rings. The fourth-order valence-corrected chi connectivity index (χ4v) is 1.57. The molecule has 2 N–H and O–H groups in total. The summed E-state index contributed by atoms with van der Waals surface area (Å²) in [5.74, 6) is -1.05. The first-order valence-corrected chi connectivity index (χ1v) is 6.15. The van der Waals surface area contributed by atoms with Crippen molar-refractivity contribution in [2.45, 2.75) is 0 Å². The predicted octanol–water partition coefficient (Wildman–Crippen LogP) is 1.86. The SMILES string of the molecule is O=C(NNC(=O)c1cnc(Cl)c(Cl)c1)c1cccnc1. The van der Waals surface area contributed by atoms with Gasteiger partial charge in [-0.3, -0.25) is 25.4 Å². The standard InChI is InChI=1S/C12H8Cl2N4O2/c13-9-4-8(6-16-10(9)14)12(20)18-17-11(19)7-2-1-3-15-5-7/h1-6H,(H,17,19)(H,18,20). The van der Waals surface area contributed by atoms with Crippen LogP contribution in [0.25, 0.3) is 0 Å². The third kappa shape index (κ3) is 3.43. The van der Waals surface area contributed by atoms with E-state index in [2.05, 4.69) is 20.8 Å². The largest absolute Gasteiger partial charge is 0.271 e. The Bertz CT molecular complexity index is 649. The van der Waals surface area contributed by atoms with Crippen LogP contribution in [0.15, 0.2) is 36.8 Å². The third-order valence-corrected chi connectivity index (χ3v) is 2.96. The fraction of sp³-hybridized carbons (Fsp3) is 0. The number of halogens is 2. The van der Waals surface area contributed by atoms with Gasteiger partial charge < -0.3 is 0 Å². The Labute approximate surface area is 124 Å². The van der Waals surface area contributed by atoms with E-state index in [-0.39, 0.29) is 15.7 Å². The zero-order chi connectivity index (χ0) is 14.5. The van der Waals surface area contributed by atoms with E-state index >= 15 is 0 Å². The fourth-order valence-electron chi connectivity index (χ4n) is 1.30. The van der Waals surface area contributed by atoms with Gasteiger partial charge in [0.2, 0.25) is 0 Å². The number of nitrogens with one attached hydrogen (secondary N) is 2. The average Bonchev–Trinajstić information content (AvgIpc) is 2.48. The second-order valence-corrected chi connectivity index (χ2v) is 4.41. The highest BCUT2D eigenvalue weighted by molar-refractivity contribution is 6.41. The van der Waals surface area contributed by atoms with Crippen molar-refractivity contribution >= 4 is 35.0 Å². The maximum atomic E-state index is 11.8. The van der Waals surface area contributed by atoms with Gasteiger partial charge in [-0.15, -0.1) is 0 Å². The van der Waals surface area contributed by atoms with Gasteiger partial charge in [0.05, 0.1) is 16.1 Å². The molecule has 6 nitrogen and oxygen atoms in total. The van der Waals surface area contributed by atoms with Crippen molar-refractivity contribution in [2.24, 2.45) is 0 Å². The molecule has 2 heterocycles. The molecule has 0 spiro atoms. The van der Waals surface area contributed by atoms with E-state index in [1.807, 2.05) is 0 Å². The third-order valence-electron chi connectivity index (χ3n) is 2.27. The topological polar surface area (TPSA) is 84.0 Å². The summed E-state index contributed by atoms with van der Waals surface area (Å²) in [7, 11) is 0. The van der Waals surface area contributed by atoms with Gasteiger partial charge in [0.25, 0.3) is 11.8 Å². The van der Waals surface area contributed by atoms with Crippen LogP contribution in [0.1, 0.15) is 20.7 Å². The van der Waals surface area contributed by atoms with Gasteiger partial charge in [0.15, 0.2) is 0 Å². The minimum Gasteiger partial charge on any atom is -0.267 e. The van der Waals surface area contributed by atoms with Crippen LogP contribution in [0, 0.1) is 0 Å². The first-order chi connectivity index (χ1) is 9.58. The Kier molecular flexibility index (Phi) is 4.49. The lowest BCUT2D eigenvalue weighted by Crippen LogP contribution is -2.41. The number of carbonyl (C=O) groups is 2. The Morgan fingerprint density at radius 2 is 1.75 bits per heavy atom.